The van der Waals surface area contributed by atoms with Gasteiger partial charge in [-0.3, -0.25) is 4.79 Å². The zero-order valence-electron chi connectivity index (χ0n) is 12.7. The van der Waals surface area contributed by atoms with Crippen molar-refractivity contribution in [2.24, 2.45) is 0 Å². The summed E-state index contributed by atoms with van der Waals surface area (Å²) in [6, 6.07) is 10.1. The van der Waals surface area contributed by atoms with E-state index in [4.69, 9.17) is 0 Å². The van der Waals surface area contributed by atoms with Crippen LogP contribution in [-0.2, 0) is 4.79 Å². The molecule has 110 valence electrons. The number of ketones is 1. The van der Waals surface area contributed by atoms with Crippen molar-refractivity contribution in [3.05, 3.63) is 30.3 Å². The van der Waals surface area contributed by atoms with E-state index in [-0.39, 0.29) is 11.3 Å². The Bertz CT molecular complexity index is 422. The smallest absolute Gasteiger partial charge is 0.155 e. The minimum atomic E-state index is -0.371. The Labute approximate surface area is 122 Å². The molecule has 3 heteroatoms. The zero-order chi connectivity index (χ0) is 14.4. The lowest BCUT2D eigenvalue weighted by Gasteiger charge is -2.41. The Morgan fingerprint density at radius 1 is 1.25 bits per heavy atom. The predicted molar refractivity (Wildman–Crippen MR) is 84.1 cm³/mol. The largest absolute Gasteiger partial charge is 0.373 e. The molecular formula is C17H26N2O. The van der Waals surface area contributed by atoms with Crippen LogP contribution in [0.4, 0.5) is 5.69 Å². The summed E-state index contributed by atoms with van der Waals surface area (Å²) in [5.41, 5.74) is 0.675. The first kappa shape index (κ1) is 15.0. The number of carbonyl (C=O) groups is 1. The summed E-state index contributed by atoms with van der Waals surface area (Å²) in [5.74, 6) is 0.261. The summed E-state index contributed by atoms with van der Waals surface area (Å²) in [5, 5.41) is 3.49. The Morgan fingerprint density at radius 2 is 1.90 bits per heavy atom. The van der Waals surface area contributed by atoms with Gasteiger partial charge in [-0.05, 0) is 44.9 Å². The molecule has 1 heterocycles. The first-order chi connectivity index (χ1) is 9.66. The van der Waals surface area contributed by atoms with Crippen LogP contribution in [0.3, 0.4) is 0 Å². The SMILES string of the molecule is CCCCN1CCC(Nc2ccccc2)(C(C)=O)CC1. The molecule has 1 aliphatic heterocycles. The lowest BCUT2D eigenvalue weighted by atomic mass is 9.83. The molecule has 0 bridgehead atoms. The van der Waals surface area contributed by atoms with Gasteiger partial charge in [-0.25, -0.2) is 0 Å². The van der Waals surface area contributed by atoms with Crippen molar-refractivity contribution in [2.75, 3.05) is 25.0 Å². The molecule has 1 saturated heterocycles. The van der Waals surface area contributed by atoms with Crippen molar-refractivity contribution in [2.45, 2.75) is 45.1 Å². The minimum Gasteiger partial charge on any atom is -0.373 e. The number of carbonyl (C=O) groups excluding carboxylic acids is 1. The molecule has 0 radical (unpaired) electrons. The predicted octanol–water partition coefficient (Wildman–Crippen LogP) is 3.32. The highest BCUT2D eigenvalue weighted by atomic mass is 16.1. The molecule has 3 nitrogen and oxygen atoms in total. The Hall–Kier alpha value is -1.35. The van der Waals surface area contributed by atoms with Gasteiger partial charge in [0.25, 0.3) is 0 Å². The lowest BCUT2D eigenvalue weighted by Crippen LogP contribution is -2.53. The van der Waals surface area contributed by atoms with Crippen LogP contribution in [0.2, 0.25) is 0 Å². The standard InChI is InChI=1S/C17H26N2O/c1-3-4-12-19-13-10-17(11-14-19,15(2)20)18-16-8-6-5-7-9-16/h5-9,18H,3-4,10-14H2,1-2H3. The van der Waals surface area contributed by atoms with Crippen molar-refractivity contribution in [1.82, 2.24) is 4.90 Å². The topological polar surface area (TPSA) is 32.3 Å². The van der Waals surface area contributed by atoms with Crippen LogP contribution in [0.5, 0.6) is 0 Å². The van der Waals surface area contributed by atoms with Gasteiger partial charge in [0.2, 0.25) is 0 Å². The molecule has 0 aliphatic carbocycles. The summed E-state index contributed by atoms with van der Waals surface area (Å²) in [6.07, 6.45) is 4.29. The first-order valence-corrected chi connectivity index (χ1v) is 7.73. The zero-order valence-corrected chi connectivity index (χ0v) is 12.7. The monoisotopic (exact) mass is 274 g/mol. The number of anilines is 1. The molecule has 20 heavy (non-hydrogen) atoms. The van der Waals surface area contributed by atoms with Crippen molar-refractivity contribution in [3.63, 3.8) is 0 Å². The Kier molecular flexibility index (Phi) is 5.18. The second kappa shape index (κ2) is 6.89. The van der Waals surface area contributed by atoms with Gasteiger partial charge in [-0.1, -0.05) is 31.5 Å². The molecular weight excluding hydrogens is 248 g/mol. The fourth-order valence-electron chi connectivity index (χ4n) is 2.90. The van der Waals surface area contributed by atoms with E-state index >= 15 is 0 Å². The number of para-hydroxylation sites is 1. The van der Waals surface area contributed by atoms with Crippen molar-refractivity contribution in [3.8, 4) is 0 Å². The number of rotatable bonds is 6. The molecule has 0 saturated carbocycles. The molecule has 1 N–H and O–H groups in total. The van der Waals surface area contributed by atoms with Crippen LogP contribution >= 0.6 is 0 Å². The minimum absolute atomic E-state index is 0.261. The third kappa shape index (κ3) is 3.60. The van der Waals surface area contributed by atoms with Crippen LogP contribution in [-0.4, -0.2) is 35.9 Å². The average Bonchev–Trinajstić information content (AvgIpc) is 2.47. The number of likely N-dealkylation sites (tertiary alicyclic amines) is 1. The van der Waals surface area contributed by atoms with Gasteiger partial charge in [0.15, 0.2) is 5.78 Å². The molecule has 2 rings (SSSR count). The Balaban J connectivity index is 2.00. The molecule has 0 amide bonds. The van der Waals surface area contributed by atoms with Crippen molar-refractivity contribution < 1.29 is 4.79 Å². The third-order valence-electron chi connectivity index (χ3n) is 4.37. The van der Waals surface area contributed by atoms with Crippen LogP contribution < -0.4 is 5.32 Å². The number of nitrogens with one attached hydrogen (secondary N) is 1. The highest BCUT2D eigenvalue weighted by Gasteiger charge is 2.38. The van der Waals surface area contributed by atoms with Gasteiger partial charge in [-0.15, -0.1) is 0 Å². The lowest BCUT2D eigenvalue weighted by molar-refractivity contribution is -0.122. The third-order valence-corrected chi connectivity index (χ3v) is 4.37. The van der Waals surface area contributed by atoms with E-state index in [0.717, 1.165) is 38.2 Å². The van der Waals surface area contributed by atoms with Crippen molar-refractivity contribution in [1.29, 1.82) is 0 Å². The van der Waals surface area contributed by atoms with Crippen LogP contribution in [0.1, 0.15) is 39.5 Å². The van der Waals surface area contributed by atoms with E-state index in [1.165, 1.54) is 12.8 Å². The summed E-state index contributed by atoms with van der Waals surface area (Å²) >= 11 is 0. The molecule has 1 aromatic carbocycles. The quantitative estimate of drug-likeness (QED) is 0.863. The normalized spacial score (nSPS) is 18.7. The van der Waals surface area contributed by atoms with Gasteiger partial charge in [0.1, 0.15) is 0 Å². The fraction of sp³-hybridized carbons (Fsp3) is 0.588. The molecule has 0 atom stereocenters. The summed E-state index contributed by atoms with van der Waals surface area (Å²) < 4.78 is 0. The summed E-state index contributed by atoms with van der Waals surface area (Å²) in [7, 11) is 0. The van der Waals surface area contributed by atoms with E-state index in [1.807, 2.05) is 30.3 Å². The number of unbranched alkanes of at least 4 members (excludes halogenated alkanes) is 1. The number of hydrogen-bond donors (Lipinski definition) is 1. The number of nitrogens with zero attached hydrogens (tertiary/aromatic N) is 1. The second-order valence-corrected chi connectivity index (χ2v) is 5.82. The maximum absolute atomic E-state index is 12.2. The van der Waals surface area contributed by atoms with Crippen LogP contribution in [0.15, 0.2) is 30.3 Å². The molecule has 1 aliphatic rings. The highest BCUT2D eigenvalue weighted by Crippen LogP contribution is 2.28. The first-order valence-electron chi connectivity index (χ1n) is 7.73. The molecule has 1 aromatic rings. The van der Waals surface area contributed by atoms with Gasteiger partial charge in [-0.2, -0.15) is 0 Å². The van der Waals surface area contributed by atoms with Gasteiger partial charge >= 0.3 is 0 Å². The summed E-state index contributed by atoms with van der Waals surface area (Å²) in [6.45, 7) is 7.13. The van der Waals surface area contributed by atoms with E-state index in [1.54, 1.807) is 6.92 Å². The summed E-state index contributed by atoms with van der Waals surface area (Å²) in [4.78, 5) is 14.6. The van der Waals surface area contributed by atoms with E-state index < -0.39 is 0 Å². The number of Topliss-reactive ketones (excluding diaryl/α,β-unsaturated/α-hetero) is 1. The molecule has 1 fully saturated rings. The highest BCUT2D eigenvalue weighted by molar-refractivity contribution is 5.89. The number of piperidine rings is 1. The van der Waals surface area contributed by atoms with E-state index in [9.17, 15) is 4.79 Å². The van der Waals surface area contributed by atoms with Gasteiger partial charge in [0, 0.05) is 18.8 Å². The fourth-order valence-corrected chi connectivity index (χ4v) is 2.90. The van der Waals surface area contributed by atoms with E-state index in [0.29, 0.717) is 0 Å². The van der Waals surface area contributed by atoms with Gasteiger partial charge in [0.05, 0.1) is 5.54 Å². The number of benzene rings is 1. The molecule has 0 spiro atoms. The maximum Gasteiger partial charge on any atom is 0.155 e. The van der Waals surface area contributed by atoms with Crippen LogP contribution in [0.25, 0.3) is 0 Å². The molecule has 0 aromatic heterocycles. The molecule has 0 unspecified atom stereocenters. The second-order valence-electron chi connectivity index (χ2n) is 5.82. The van der Waals surface area contributed by atoms with Crippen LogP contribution in [0, 0.1) is 0 Å². The van der Waals surface area contributed by atoms with Crippen molar-refractivity contribution >= 4 is 11.5 Å². The van der Waals surface area contributed by atoms with Gasteiger partial charge < -0.3 is 10.2 Å². The van der Waals surface area contributed by atoms with E-state index in [2.05, 4.69) is 17.1 Å². The number of hydrogen-bond acceptors (Lipinski definition) is 3. The average molecular weight is 274 g/mol. The Morgan fingerprint density at radius 3 is 2.45 bits per heavy atom. The maximum atomic E-state index is 12.2.